The molecule has 0 aliphatic carbocycles. The van der Waals surface area contributed by atoms with E-state index in [0.29, 0.717) is 19.0 Å². The van der Waals surface area contributed by atoms with Gasteiger partial charge in [0.2, 0.25) is 0 Å². The Balaban J connectivity index is 2.06. The van der Waals surface area contributed by atoms with Crippen LogP contribution in [0.15, 0.2) is 0 Å². The van der Waals surface area contributed by atoms with Crippen molar-refractivity contribution in [1.82, 2.24) is 10.2 Å². The number of nitrogens with zero attached hydrogens (tertiary/aromatic N) is 1. The summed E-state index contributed by atoms with van der Waals surface area (Å²) < 4.78 is 4.52. The maximum Gasteiger partial charge on any atom is 0.305 e. The van der Waals surface area contributed by atoms with E-state index in [1.807, 2.05) is 0 Å². The van der Waals surface area contributed by atoms with Crippen molar-refractivity contribution in [2.75, 3.05) is 33.8 Å². The number of hydrogen-bond acceptors (Lipinski definition) is 5. The molecule has 94 valence electrons. The Morgan fingerprint density at radius 1 is 1.69 bits per heavy atom. The molecule has 5 nitrogen and oxygen atoms in total. The summed E-state index contributed by atoms with van der Waals surface area (Å²) in [5.74, 6) is -0.264. The van der Waals surface area contributed by atoms with E-state index in [1.54, 1.807) is 0 Å². The average molecular weight is 230 g/mol. The van der Waals surface area contributed by atoms with Crippen molar-refractivity contribution in [3.63, 3.8) is 0 Å². The van der Waals surface area contributed by atoms with Crippen molar-refractivity contribution in [3.05, 3.63) is 0 Å². The number of hydrogen-bond donors (Lipinski definition) is 2. The minimum absolute atomic E-state index is 0.264. The van der Waals surface area contributed by atoms with Crippen LogP contribution in [0, 0.1) is 0 Å². The molecule has 0 aromatic rings. The number of rotatable bonds is 6. The number of esters is 1. The molecular weight excluding hydrogens is 208 g/mol. The van der Waals surface area contributed by atoms with Crippen molar-refractivity contribution in [2.45, 2.75) is 31.4 Å². The molecular formula is C11H22N2O3. The fraction of sp³-hybridized carbons (Fsp3) is 0.909. The zero-order valence-corrected chi connectivity index (χ0v) is 10.1. The third kappa shape index (κ3) is 4.92. The van der Waals surface area contributed by atoms with Crippen LogP contribution < -0.4 is 5.32 Å². The Kier molecular flexibility index (Phi) is 5.73. The number of carbonyl (C=O) groups is 1. The van der Waals surface area contributed by atoms with Crippen LogP contribution in [-0.4, -0.2) is 61.9 Å². The maximum atomic E-state index is 10.9. The molecule has 1 rings (SSSR count). The Labute approximate surface area is 96.8 Å². The van der Waals surface area contributed by atoms with E-state index in [9.17, 15) is 9.90 Å². The zero-order chi connectivity index (χ0) is 12.0. The number of likely N-dealkylation sites (N-methyl/N-ethyl adjacent to an activating group) is 1. The molecule has 2 atom stereocenters. The molecule has 0 radical (unpaired) electrons. The topological polar surface area (TPSA) is 61.8 Å². The van der Waals surface area contributed by atoms with Gasteiger partial charge in [0.1, 0.15) is 0 Å². The van der Waals surface area contributed by atoms with Crippen LogP contribution >= 0.6 is 0 Å². The second-order valence-electron chi connectivity index (χ2n) is 4.42. The van der Waals surface area contributed by atoms with Crippen molar-refractivity contribution in [3.8, 4) is 0 Å². The second kappa shape index (κ2) is 6.83. The molecule has 2 N–H and O–H groups in total. The van der Waals surface area contributed by atoms with Crippen LogP contribution in [0.1, 0.15) is 19.3 Å². The summed E-state index contributed by atoms with van der Waals surface area (Å²) in [6.45, 7) is 2.69. The minimum Gasteiger partial charge on any atom is -0.469 e. The Morgan fingerprint density at radius 3 is 3.00 bits per heavy atom. The molecule has 1 saturated heterocycles. The summed E-state index contributed by atoms with van der Waals surface area (Å²) in [4.78, 5) is 13.1. The molecule has 1 aliphatic rings. The minimum atomic E-state index is -0.468. The second-order valence-corrected chi connectivity index (χ2v) is 4.42. The van der Waals surface area contributed by atoms with Crippen LogP contribution in [-0.2, 0) is 9.53 Å². The highest BCUT2D eigenvalue weighted by molar-refractivity contribution is 5.69. The van der Waals surface area contributed by atoms with Gasteiger partial charge in [-0.25, -0.2) is 0 Å². The third-order valence-corrected chi connectivity index (χ3v) is 2.94. The SMILES string of the molecule is COC(=O)CCC(O)CNC1CCN(C)C1. The zero-order valence-electron chi connectivity index (χ0n) is 10.1. The first kappa shape index (κ1) is 13.4. The Morgan fingerprint density at radius 2 is 2.44 bits per heavy atom. The Hall–Kier alpha value is -0.650. The molecule has 2 unspecified atom stereocenters. The number of aliphatic hydroxyl groups excluding tert-OH is 1. The summed E-state index contributed by atoms with van der Waals surface area (Å²) in [7, 11) is 3.46. The van der Waals surface area contributed by atoms with E-state index in [-0.39, 0.29) is 12.4 Å². The highest BCUT2D eigenvalue weighted by atomic mass is 16.5. The fourth-order valence-electron chi connectivity index (χ4n) is 1.89. The van der Waals surface area contributed by atoms with Gasteiger partial charge in [-0.15, -0.1) is 0 Å². The van der Waals surface area contributed by atoms with Crippen LogP contribution in [0.4, 0.5) is 0 Å². The first-order valence-electron chi connectivity index (χ1n) is 5.78. The van der Waals surface area contributed by atoms with Crippen LogP contribution in [0.5, 0.6) is 0 Å². The highest BCUT2D eigenvalue weighted by Gasteiger charge is 2.19. The van der Waals surface area contributed by atoms with Crippen LogP contribution in [0.3, 0.4) is 0 Å². The molecule has 0 amide bonds. The van der Waals surface area contributed by atoms with Gasteiger partial charge < -0.3 is 20.1 Å². The summed E-state index contributed by atoms with van der Waals surface area (Å²) >= 11 is 0. The van der Waals surface area contributed by atoms with E-state index in [2.05, 4.69) is 22.0 Å². The average Bonchev–Trinajstić information content (AvgIpc) is 2.69. The molecule has 0 aromatic heterocycles. The number of likely N-dealkylation sites (tertiary alicyclic amines) is 1. The van der Waals surface area contributed by atoms with E-state index >= 15 is 0 Å². The quantitative estimate of drug-likeness (QED) is 0.608. The normalized spacial score (nSPS) is 23.3. The fourth-order valence-corrected chi connectivity index (χ4v) is 1.89. The predicted octanol–water partition coefficient (Wildman–Crippen LogP) is -0.406. The largest absolute Gasteiger partial charge is 0.469 e. The van der Waals surface area contributed by atoms with Crippen molar-refractivity contribution in [2.24, 2.45) is 0 Å². The van der Waals surface area contributed by atoms with Gasteiger partial charge in [-0.2, -0.15) is 0 Å². The molecule has 16 heavy (non-hydrogen) atoms. The molecule has 1 aliphatic heterocycles. The van der Waals surface area contributed by atoms with Gasteiger partial charge in [-0.05, 0) is 26.4 Å². The lowest BCUT2D eigenvalue weighted by Gasteiger charge is -2.16. The number of aliphatic hydroxyl groups is 1. The predicted molar refractivity (Wildman–Crippen MR) is 61.2 cm³/mol. The lowest BCUT2D eigenvalue weighted by molar-refractivity contribution is -0.141. The van der Waals surface area contributed by atoms with Gasteiger partial charge in [0.25, 0.3) is 0 Å². The molecule has 0 bridgehead atoms. The van der Waals surface area contributed by atoms with Gasteiger partial charge in [0.05, 0.1) is 13.2 Å². The van der Waals surface area contributed by atoms with Gasteiger partial charge in [0, 0.05) is 25.6 Å². The van der Waals surface area contributed by atoms with Gasteiger partial charge in [-0.1, -0.05) is 0 Å². The van der Waals surface area contributed by atoms with Gasteiger partial charge >= 0.3 is 5.97 Å². The standard InChI is InChI=1S/C11H22N2O3/c1-13-6-5-9(8-13)12-7-10(14)3-4-11(15)16-2/h9-10,12,14H,3-8H2,1-2H3. The first-order valence-corrected chi connectivity index (χ1v) is 5.78. The lowest BCUT2D eigenvalue weighted by atomic mass is 10.2. The number of nitrogens with one attached hydrogen (secondary N) is 1. The molecule has 0 saturated carbocycles. The summed E-state index contributed by atoms with van der Waals surface area (Å²) in [6, 6.07) is 0.470. The molecule has 5 heteroatoms. The van der Waals surface area contributed by atoms with E-state index < -0.39 is 6.10 Å². The third-order valence-electron chi connectivity index (χ3n) is 2.94. The van der Waals surface area contributed by atoms with E-state index in [0.717, 1.165) is 19.5 Å². The summed E-state index contributed by atoms with van der Waals surface area (Å²) in [5, 5.41) is 12.9. The highest BCUT2D eigenvalue weighted by Crippen LogP contribution is 2.06. The summed E-state index contributed by atoms with van der Waals surface area (Å²) in [6.07, 6.45) is 1.40. The molecule has 0 aromatic carbocycles. The first-order chi connectivity index (χ1) is 7.61. The molecule has 1 heterocycles. The molecule has 1 fully saturated rings. The van der Waals surface area contributed by atoms with Crippen molar-refractivity contribution >= 4 is 5.97 Å². The van der Waals surface area contributed by atoms with E-state index in [1.165, 1.54) is 7.11 Å². The lowest BCUT2D eigenvalue weighted by Crippen LogP contribution is -2.37. The van der Waals surface area contributed by atoms with Crippen LogP contribution in [0.25, 0.3) is 0 Å². The maximum absolute atomic E-state index is 10.9. The van der Waals surface area contributed by atoms with E-state index in [4.69, 9.17) is 0 Å². The number of ether oxygens (including phenoxy) is 1. The Bertz CT molecular complexity index is 223. The molecule has 0 spiro atoms. The van der Waals surface area contributed by atoms with Gasteiger partial charge in [0.15, 0.2) is 0 Å². The number of methoxy groups -OCH3 is 1. The number of carbonyl (C=O) groups excluding carboxylic acids is 1. The van der Waals surface area contributed by atoms with Crippen LogP contribution in [0.2, 0.25) is 0 Å². The van der Waals surface area contributed by atoms with Gasteiger partial charge in [-0.3, -0.25) is 4.79 Å². The smallest absolute Gasteiger partial charge is 0.305 e. The van der Waals surface area contributed by atoms with Crippen molar-refractivity contribution < 1.29 is 14.6 Å². The van der Waals surface area contributed by atoms with Crippen molar-refractivity contribution in [1.29, 1.82) is 0 Å². The monoisotopic (exact) mass is 230 g/mol. The summed E-state index contributed by atoms with van der Waals surface area (Å²) in [5.41, 5.74) is 0.